The lowest BCUT2D eigenvalue weighted by Gasteiger charge is -2.42. The highest BCUT2D eigenvalue weighted by molar-refractivity contribution is 7.84. The van der Waals surface area contributed by atoms with Crippen molar-refractivity contribution in [1.82, 2.24) is 29.6 Å². The summed E-state index contributed by atoms with van der Waals surface area (Å²) in [6.45, 7) is 21.1. The Labute approximate surface area is 376 Å². The molecule has 0 saturated carbocycles. The van der Waals surface area contributed by atoms with Gasteiger partial charge in [-0.3, -0.25) is 14.1 Å². The number of fused-ring (bicyclic) bond motifs is 7. The molecule has 0 aliphatic carbocycles. The Bertz CT molecular complexity index is 2830. The fraction of sp³-hybridized carbons (Fsp3) is 0.521. The average Bonchev–Trinajstić information content (AvgIpc) is 3.91. The molecule has 6 aromatic rings. The van der Waals surface area contributed by atoms with Crippen LogP contribution >= 0.6 is 11.3 Å². The molecular weight excluding hydrogens is 850 g/mol. The van der Waals surface area contributed by atoms with E-state index in [0.29, 0.717) is 63.6 Å². The molecule has 332 valence electrons. The van der Waals surface area contributed by atoms with Crippen molar-refractivity contribution in [3.8, 4) is 22.7 Å². The van der Waals surface area contributed by atoms with Crippen molar-refractivity contribution >= 4 is 84.1 Å². The lowest BCUT2D eigenvalue weighted by atomic mass is 9.93. The third-order valence-electron chi connectivity index (χ3n) is 13.6. The van der Waals surface area contributed by atoms with Gasteiger partial charge in [0.1, 0.15) is 30.1 Å². The quantitative estimate of drug-likeness (QED) is 0.0877. The molecule has 3 fully saturated rings. The number of piperazine rings is 1. The molecule has 2 aromatic carbocycles. The number of amides is 1. The highest BCUT2D eigenvalue weighted by atomic mass is 32.2. The Kier molecular flexibility index (Phi) is 11.5. The second-order valence-electron chi connectivity index (χ2n) is 19.5. The SMILES string of the molecule is CC(C)[Si](C#Cc1c(F)ccc2cc3c(cnn3C3CCCCO3)c(-c3nccc4c3sc3nc(S(C)=O)nc(N5CC6CCC(C5)N6C(=O)OC(C)(C)C)c34)c12)(C(C)C)C(C)C. The van der Waals surface area contributed by atoms with Crippen molar-refractivity contribution in [2.24, 2.45) is 0 Å². The van der Waals surface area contributed by atoms with Gasteiger partial charge in [-0.25, -0.2) is 23.8 Å². The molecule has 63 heavy (non-hydrogen) atoms. The fourth-order valence-corrected chi connectivity index (χ4v) is 17.7. The van der Waals surface area contributed by atoms with Crippen LogP contribution in [0, 0.1) is 17.3 Å². The van der Waals surface area contributed by atoms with E-state index in [0.717, 1.165) is 69.4 Å². The van der Waals surface area contributed by atoms with E-state index < -0.39 is 24.5 Å². The zero-order chi connectivity index (χ0) is 44.7. The third-order valence-corrected chi connectivity index (χ3v) is 21.7. The number of benzene rings is 2. The van der Waals surface area contributed by atoms with E-state index in [1.165, 1.54) is 11.3 Å². The molecule has 1 amide bonds. The fourth-order valence-electron chi connectivity index (χ4n) is 10.9. The van der Waals surface area contributed by atoms with Crippen LogP contribution in [0.5, 0.6) is 0 Å². The second-order valence-corrected chi connectivity index (χ2v) is 27.4. The molecule has 0 N–H and O–H groups in total. The average molecular weight is 908 g/mol. The van der Waals surface area contributed by atoms with E-state index in [-0.39, 0.29) is 35.4 Å². The standard InChI is InChI=1S/C48H58FN7O4S2Si/c1-27(2)63(28(3)4,29(5)6)22-19-33-36(49)17-14-30-23-37-35(24-51-56(37)38-13-11-12-21-59-38)40(39(30)33)42-43-34(18-20-50-42)41-44(52-46(62(10)58)53-45(41)61-43)54-25-31-15-16-32(26-54)55(31)47(57)60-48(7,8)9/h14,17-18,20,23-24,27-29,31-32,38H,11-13,15-16,21,25-26H2,1-10H3. The molecule has 4 aromatic heterocycles. The Balaban J connectivity index is 1.29. The second kappa shape index (κ2) is 16.5. The molecule has 3 aliphatic heterocycles. The van der Waals surface area contributed by atoms with E-state index in [2.05, 4.69) is 64.0 Å². The number of aromatic nitrogens is 5. The number of anilines is 1. The normalized spacial score (nSPS) is 20.2. The van der Waals surface area contributed by atoms with Crippen LogP contribution in [-0.4, -0.2) is 91.6 Å². The van der Waals surface area contributed by atoms with Crippen LogP contribution in [0.4, 0.5) is 15.0 Å². The monoisotopic (exact) mass is 907 g/mol. The summed E-state index contributed by atoms with van der Waals surface area (Å²) in [7, 11) is -3.74. The minimum Gasteiger partial charge on any atom is -0.444 e. The molecule has 11 nitrogen and oxygen atoms in total. The van der Waals surface area contributed by atoms with Crippen LogP contribution < -0.4 is 4.90 Å². The van der Waals surface area contributed by atoms with Crippen molar-refractivity contribution in [3.05, 3.63) is 48.0 Å². The topological polar surface area (TPSA) is 116 Å². The van der Waals surface area contributed by atoms with Crippen molar-refractivity contribution in [2.75, 3.05) is 30.9 Å². The Morgan fingerprint density at radius 2 is 1.70 bits per heavy atom. The van der Waals surface area contributed by atoms with Crippen LogP contribution in [0.15, 0.2) is 41.8 Å². The minimum absolute atomic E-state index is 0.0618. The van der Waals surface area contributed by atoms with Gasteiger partial charge in [-0.2, -0.15) is 5.10 Å². The van der Waals surface area contributed by atoms with E-state index in [1.807, 2.05) is 54.9 Å². The number of ether oxygens (including phenoxy) is 2. The number of rotatable bonds is 7. The maximum atomic E-state index is 16.7. The Hall–Kier alpha value is -4.49. The van der Waals surface area contributed by atoms with E-state index >= 15 is 4.39 Å². The lowest BCUT2D eigenvalue weighted by molar-refractivity contribution is -0.0366. The number of hydrogen-bond donors (Lipinski definition) is 0. The molecule has 2 bridgehead atoms. The maximum absolute atomic E-state index is 16.7. The minimum atomic E-state index is -2.27. The van der Waals surface area contributed by atoms with Gasteiger partial charge in [-0.05, 0) is 93.1 Å². The van der Waals surface area contributed by atoms with Gasteiger partial charge in [0.05, 0.1) is 55.9 Å². The van der Waals surface area contributed by atoms with Crippen LogP contribution in [0.1, 0.15) is 106 Å². The summed E-state index contributed by atoms with van der Waals surface area (Å²) < 4.78 is 44.9. The van der Waals surface area contributed by atoms with Gasteiger partial charge in [0.2, 0.25) is 5.16 Å². The molecule has 3 aliphatic rings. The molecule has 4 unspecified atom stereocenters. The summed E-state index contributed by atoms with van der Waals surface area (Å²) in [5.74, 6) is 3.85. The summed E-state index contributed by atoms with van der Waals surface area (Å²) in [5.41, 5.74) is 6.99. The smallest absolute Gasteiger partial charge is 0.410 e. The Morgan fingerprint density at radius 3 is 2.33 bits per heavy atom. The number of pyridine rings is 1. The summed E-state index contributed by atoms with van der Waals surface area (Å²) in [5, 5.41) is 9.33. The van der Waals surface area contributed by atoms with Crippen molar-refractivity contribution in [3.63, 3.8) is 0 Å². The van der Waals surface area contributed by atoms with E-state index in [9.17, 15) is 9.00 Å². The number of nitrogens with zero attached hydrogens (tertiary/aromatic N) is 7. The largest absolute Gasteiger partial charge is 0.444 e. The highest BCUT2D eigenvalue weighted by Gasteiger charge is 2.46. The molecule has 9 rings (SSSR count). The third kappa shape index (κ3) is 7.52. The summed E-state index contributed by atoms with van der Waals surface area (Å²) in [6.07, 6.45) is 9.37. The number of carbonyl (C=O) groups is 1. The molecule has 7 heterocycles. The first kappa shape index (κ1) is 43.7. The first-order chi connectivity index (χ1) is 30.0. The molecule has 0 radical (unpaired) electrons. The van der Waals surface area contributed by atoms with Crippen LogP contribution in [-0.2, 0) is 20.3 Å². The molecular formula is C48H58FN7O4S2Si. The molecule has 0 spiro atoms. The Morgan fingerprint density at radius 1 is 0.984 bits per heavy atom. The van der Waals surface area contributed by atoms with E-state index in [1.54, 1.807) is 12.3 Å². The first-order valence-corrected chi connectivity index (χ1v) is 27.1. The van der Waals surface area contributed by atoms with Crippen LogP contribution in [0.3, 0.4) is 0 Å². The van der Waals surface area contributed by atoms with E-state index in [4.69, 9.17) is 29.5 Å². The van der Waals surface area contributed by atoms with Gasteiger partial charge in [0.25, 0.3) is 0 Å². The maximum Gasteiger partial charge on any atom is 0.410 e. The predicted octanol–water partition coefficient (Wildman–Crippen LogP) is 11.1. The summed E-state index contributed by atoms with van der Waals surface area (Å²) in [4.78, 5) is 33.4. The summed E-state index contributed by atoms with van der Waals surface area (Å²) >= 11 is 1.48. The number of halogens is 1. The van der Waals surface area contributed by atoms with Gasteiger partial charge in [0, 0.05) is 53.9 Å². The number of hydrogen-bond acceptors (Lipinski definition) is 10. The van der Waals surface area contributed by atoms with Crippen LogP contribution in [0.2, 0.25) is 16.6 Å². The lowest BCUT2D eigenvalue weighted by Crippen LogP contribution is -2.57. The highest BCUT2D eigenvalue weighted by Crippen LogP contribution is 2.48. The zero-order valence-corrected chi connectivity index (χ0v) is 40.7. The predicted molar refractivity (Wildman–Crippen MR) is 255 cm³/mol. The van der Waals surface area contributed by atoms with Crippen molar-refractivity contribution in [2.45, 2.75) is 140 Å². The van der Waals surface area contributed by atoms with Gasteiger partial charge in [0.15, 0.2) is 6.23 Å². The summed E-state index contributed by atoms with van der Waals surface area (Å²) in [6, 6.07) is 7.36. The van der Waals surface area contributed by atoms with Gasteiger partial charge in [-0.15, -0.1) is 16.9 Å². The zero-order valence-electron chi connectivity index (χ0n) is 38.0. The first-order valence-electron chi connectivity index (χ1n) is 22.4. The van der Waals surface area contributed by atoms with Gasteiger partial charge >= 0.3 is 6.09 Å². The van der Waals surface area contributed by atoms with Crippen LogP contribution in [0.25, 0.3) is 53.2 Å². The van der Waals surface area contributed by atoms with Gasteiger partial charge in [-0.1, -0.05) is 53.5 Å². The molecule has 15 heteroatoms. The van der Waals surface area contributed by atoms with Gasteiger partial charge < -0.3 is 14.4 Å². The number of thiophene rings is 1. The molecule has 4 atom stereocenters. The van der Waals surface area contributed by atoms with Crippen molar-refractivity contribution in [1.29, 1.82) is 0 Å². The number of carbonyl (C=O) groups excluding carboxylic acids is 1. The van der Waals surface area contributed by atoms with Crippen molar-refractivity contribution < 1.29 is 22.9 Å². The molecule has 3 saturated heterocycles.